The summed E-state index contributed by atoms with van der Waals surface area (Å²) in [6.07, 6.45) is 0. The van der Waals surface area contributed by atoms with Crippen LogP contribution in [0, 0.1) is 11.3 Å². The third-order valence-electron chi connectivity index (χ3n) is 4.18. The molecule has 2 N–H and O–H groups in total. The molecule has 0 spiro atoms. The molecule has 2 aromatic rings. The minimum atomic E-state index is -3.72. The van der Waals surface area contributed by atoms with Crippen molar-refractivity contribution in [3.05, 3.63) is 65.7 Å². The highest BCUT2D eigenvalue weighted by Gasteiger charge is 2.38. The molecule has 0 unspecified atom stereocenters. The second-order valence-electron chi connectivity index (χ2n) is 5.61. The predicted molar refractivity (Wildman–Crippen MR) is 87.1 cm³/mol. The number of nitriles is 1. The lowest BCUT2D eigenvalue weighted by atomic mass is 9.95. The van der Waals surface area contributed by atoms with E-state index in [0.717, 1.165) is 5.56 Å². The van der Waals surface area contributed by atoms with Crippen molar-refractivity contribution in [1.82, 2.24) is 4.31 Å². The van der Waals surface area contributed by atoms with Crippen LogP contribution >= 0.6 is 0 Å². The maximum Gasteiger partial charge on any atom is 0.244 e. The summed E-state index contributed by atoms with van der Waals surface area (Å²) in [5.74, 6) is -0.0415. The van der Waals surface area contributed by atoms with E-state index in [9.17, 15) is 8.42 Å². The number of hydrogen-bond acceptors (Lipinski definition) is 4. The summed E-state index contributed by atoms with van der Waals surface area (Å²) in [6, 6.07) is 17.6. The second-order valence-corrected chi connectivity index (χ2v) is 7.52. The summed E-state index contributed by atoms with van der Waals surface area (Å²) in [5, 5.41) is 9.15. The van der Waals surface area contributed by atoms with Gasteiger partial charge in [0, 0.05) is 25.0 Å². The van der Waals surface area contributed by atoms with Gasteiger partial charge in [-0.1, -0.05) is 42.5 Å². The first-order chi connectivity index (χ1) is 11.0. The van der Waals surface area contributed by atoms with Crippen LogP contribution in [0.1, 0.15) is 17.0 Å². The fourth-order valence-corrected chi connectivity index (χ4v) is 4.61. The van der Waals surface area contributed by atoms with E-state index in [1.807, 2.05) is 36.4 Å². The molecule has 0 saturated carbocycles. The van der Waals surface area contributed by atoms with Crippen LogP contribution in [0.25, 0.3) is 0 Å². The van der Waals surface area contributed by atoms with E-state index in [2.05, 4.69) is 0 Å². The monoisotopic (exact) mass is 327 g/mol. The number of nitrogens with two attached hydrogens (primary N) is 1. The summed E-state index contributed by atoms with van der Waals surface area (Å²) in [4.78, 5) is 0.0448. The van der Waals surface area contributed by atoms with Gasteiger partial charge in [0.05, 0.1) is 10.5 Å². The van der Waals surface area contributed by atoms with E-state index in [4.69, 9.17) is 11.0 Å². The average molecular weight is 327 g/mol. The van der Waals surface area contributed by atoms with E-state index >= 15 is 0 Å². The Bertz CT molecular complexity index is 844. The molecule has 0 aliphatic carbocycles. The van der Waals surface area contributed by atoms with Gasteiger partial charge in [-0.3, -0.25) is 0 Å². The number of benzene rings is 2. The van der Waals surface area contributed by atoms with Crippen molar-refractivity contribution in [2.75, 3.05) is 13.1 Å². The van der Waals surface area contributed by atoms with Crippen LogP contribution in [0.2, 0.25) is 0 Å². The Hall–Kier alpha value is -2.20. The van der Waals surface area contributed by atoms with Crippen molar-refractivity contribution < 1.29 is 8.42 Å². The molecule has 0 bridgehead atoms. The molecule has 2 aromatic carbocycles. The number of rotatable bonds is 3. The molecule has 118 valence electrons. The normalized spacial score (nSPS) is 21.9. The molecule has 1 aliphatic rings. The van der Waals surface area contributed by atoms with Gasteiger partial charge in [0.2, 0.25) is 10.0 Å². The Kier molecular flexibility index (Phi) is 4.18. The third kappa shape index (κ3) is 2.86. The molecule has 0 aromatic heterocycles. The molecule has 0 radical (unpaired) electrons. The van der Waals surface area contributed by atoms with Gasteiger partial charge in [-0.2, -0.15) is 9.57 Å². The summed E-state index contributed by atoms with van der Waals surface area (Å²) >= 11 is 0. The largest absolute Gasteiger partial charge is 0.326 e. The molecule has 1 heterocycles. The van der Waals surface area contributed by atoms with Crippen molar-refractivity contribution in [1.29, 1.82) is 5.26 Å². The van der Waals surface area contributed by atoms with Gasteiger partial charge in [-0.15, -0.1) is 0 Å². The number of hydrogen-bond donors (Lipinski definition) is 1. The molecule has 2 atom stereocenters. The minimum Gasteiger partial charge on any atom is -0.326 e. The van der Waals surface area contributed by atoms with Crippen LogP contribution in [-0.4, -0.2) is 31.9 Å². The Balaban J connectivity index is 1.93. The van der Waals surface area contributed by atoms with Crippen LogP contribution in [0.15, 0.2) is 59.5 Å². The quantitative estimate of drug-likeness (QED) is 0.929. The molecular formula is C17H17N3O2S. The molecule has 1 fully saturated rings. The van der Waals surface area contributed by atoms with Gasteiger partial charge in [-0.05, 0) is 17.7 Å². The lowest BCUT2D eigenvalue weighted by molar-refractivity contribution is 0.470. The Labute approximate surface area is 136 Å². The van der Waals surface area contributed by atoms with Crippen LogP contribution < -0.4 is 5.73 Å². The van der Waals surface area contributed by atoms with Crippen molar-refractivity contribution in [2.45, 2.75) is 16.9 Å². The highest BCUT2D eigenvalue weighted by Crippen LogP contribution is 2.31. The average Bonchev–Trinajstić information content (AvgIpc) is 2.98. The Morgan fingerprint density at radius 3 is 2.39 bits per heavy atom. The topological polar surface area (TPSA) is 87.2 Å². The molecule has 0 amide bonds. The highest BCUT2D eigenvalue weighted by molar-refractivity contribution is 7.89. The van der Waals surface area contributed by atoms with Gasteiger partial charge in [0.15, 0.2) is 0 Å². The predicted octanol–water partition coefficient (Wildman–Crippen LogP) is 1.67. The van der Waals surface area contributed by atoms with E-state index in [0.29, 0.717) is 6.54 Å². The molecule has 6 heteroatoms. The van der Waals surface area contributed by atoms with Gasteiger partial charge in [0.25, 0.3) is 0 Å². The molecular weight excluding hydrogens is 310 g/mol. The SMILES string of the molecule is N#Cc1ccccc1S(=O)(=O)N1C[C@@H](N)[C@H](c2ccccc2)C1. The Morgan fingerprint density at radius 2 is 1.70 bits per heavy atom. The molecule has 5 nitrogen and oxygen atoms in total. The number of sulfonamides is 1. The van der Waals surface area contributed by atoms with Gasteiger partial charge >= 0.3 is 0 Å². The van der Waals surface area contributed by atoms with Crippen molar-refractivity contribution in [3.63, 3.8) is 0 Å². The van der Waals surface area contributed by atoms with Crippen LogP contribution in [0.5, 0.6) is 0 Å². The molecule has 23 heavy (non-hydrogen) atoms. The van der Waals surface area contributed by atoms with Crippen LogP contribution in [0.4, 0.5) is 0 Å². The van der Waals surface area contributed by atoms with Gasteiger partial charge in [0.1, 0.15) is 6.07 Å². The molecule has 1 saturated heterocycles. The standard InChI is InChI=1S/C17H17N3O2S/c18-10-14-8-4-5-9-17(14)23(21,22)20-11-15(16(19)12-20)13-6-2-1-3-7-13/h1-9,15-16H,11-12,19H2/t15-,16+/m0/s1. The molecule has 1 aliphatic heterocycles. The number of nitrogens with zero attached hydrogens (tertiary/aromatic N) is 2. The summed E-state index contributed by atoms with van der Waals surface area (Å²) in [6.45, 7) is 0.578. The van der Waals surface area contributed by atoms with Crippen molar-refractivity contribution >= 4 is 10.0 Å². The van der Waals surface area contributed by atoms with E-state index in [1.165, 1.54) is 16.4 Å². The summed E-state index contributed by atoms with van der Waals surface area (Å²) in [7, 11) is -3.72. The summed E-state index contributed by atoms with van der Waals surface area (Å²) < 4.78 is 27.1. The first-order valence-electron chi connectivity index (χ1n) is 7.34. The van der Waals surface area contributed by atoms with E-state index < -0.39 is 10.0 Å². The van der Waals surface area contributed by atoms with Crippen molar-refractivity contribution in [2.24, 2.45) is 5.73 Å². The minimum absolute atomic E-state index is 0.0415. The van der Waals surface area contributed by atoms with E-state index in [-0.39, 0.29) is 29.0 Å². The van der Waals surface area contributed by atoms with Gasteiger partial charge in [-0.25, -0.2) is 8.42 Å². The lowest BCUT2D eigenvalue weighted by Crippen LogP contribution is -2.32. The lowest BCUT2D eigenvalue weighted by Gasteiger charge is -2.17. The van der Waals surface area contributed by atoms with Crippen LogP contribution in [0.3, 0.4) is 0 Å². The zero-order valence-corrected chi connectivity index (χ0v) is 13.3. The smallest absolute Gasteiger partial charge is 0.244 e. The summed E-state index contributed by atoms with van der Waals surface area (Å²) in [5.41, 5.74) is 7.37. The Morgan fingerprint density at radius 1 is 1.04 bits per heavy atom. The second kappa shape index (κ2) is 6.13. The fraction of sp³-hybridized carbons (Fsp3) is 0.235. The fourth-order valence-electron chi connectivity index (χ4n) is 2.96. The maximum atomic E-state index is 12.9. The molecule has 3 rings (SSSR count). The maximum absolute atomic E-state index is 12.9. The zero-order valence-electron chi connectivity index (χ0n) is 12.5. The van der Waals surface area contributed by atoms with E-state index in [1.54, 1.807) is 12.1 Å². The first-order valence-corrected chi connectivity index (χ1v) is 8.78. The first kappa shape index (κ1) is 15.7. The highest BCUT2D eigenvalue weighted by atomic mass is 32.2. The zero-order chi connectivity index (χ0) is 16.4. The van der Waals surface area contributed by atoms with Crippen molar-refractivity contribution in [3.8, 4) is 6.07 Å². The van der Waals surface area contributed by atoms with Gasteiger partial charge < -0.3 is 5.73 Å². The van der Waals surface area contributed by atoms with Crippen LogP contribution in [-0.2, 0) is 10.0 Å². The third-order valence-corrected chi connectivity index (χ3v) is 6.07.